The van der Waals surface area contributed by atoms with Crippen LogP contribution >= 0.6 is 0 Å². The van der Waals surface area contributed by atoms with E-state index in [1.165, 1.54) is 18.5 Å². The highest BCUT2D eigenvalue weighted by atomic mass is 19.1. The van der Waals surface area contributed by atoms with E-state index in [1.54, 1.807) is 6.07 Å². The Kier molecular flexibility index (Phi) is 5.26. The molecule has 21 heavy (non-hydrogen) atoms. The second-order valence-corrected chi connectivity index (χ2v) is 6.72. The summed E-state index contributed by atoms with van der Waals surface area (Å²) in [6, 6.07) is 4.59. The number of rotatable bonds is 7. The zero-order chi connectivity index (χ0) is 15.6. The van der Waals surface area contributed by atoms with Gasteiger partial charge in [-0.05, 0) is 62.4 Å². The smallest absolute Gasteiger partial charge is 0.126 e. The molecule has 1 aromatic carbocycles. The number of anilines is 1. The molecule has 118 valence electrons. The third-order valence-electron chi connectivity index (χ3n) is 4.14. The Balaban J connectivity index is 2.40. The fourth-order valence-electron chi connectivity index (χ4n) is 2.92. The Hall–Kier alpha value is -1.09. The lowest BCUT2D eigenvalue weighted by Crippen LogP contribution is -2.32. The summed E-state index contributed by atoms with van der Waals surface area (Å²) in [5.41, 5.74) is 3.05. The molecule has 0 amide bonds. The summed E-state index contributed by atoms with van der Waals surface area (Å²) in [5, 5.41) is 3.42. The molecule has 1 aliphatic carbocycles. The predicted octanol–water partition coefficient (Wildman–Crippen LogP) is 4.43. The van der Waals surface area contributed by atoms with Crippen LogP contribution in [0.25, 0.3) is 0 Å². The average Bonchev–Trinajstić information content (AvgIpc) is 3.23. The van der Waals surface area contributed by atoms with Crippen LogP contribution in [-0.4, -0.2) is 19.1 Å². The summed E-state index contributed by atoms with van der Waals surface area (Å²) in [4.78, 5) is 2.50. The maximum absolute atomic E-state index is 14.1. The minimum atomic E-state index is -0.0983. The molecule has 3 heteroatoms. The van der Waals surface area contributed by atoms with E-state index in [-0.39, 0.29) is 11.9 Å². The van der Waals surface area contributed by atoms with E-state index in [9.17, 15) is 4.39 Å². The molecule has 0 saturated heterocycles. The van der Waals surface area contributed by atoms with Crippen LogP contribution in [0.3, 0.4) is 0 Å². The summed E-state index contributed by atoms with van der Waals surface area (Å²) < 4.78 is 14.1. The number of nitrogens with one attached hydrogen (secondary N) is 1. The Morgan fingerprint density at radius 3 is 2.48 bits per heavy atom. The SMILES string of the molecule is CCNC(C)c1cc(F)c(C)cc1N(CC(C)C)C1CC1. The number of hydrogen-bond acceptors (Lipinski definition) is 2. The lowest BCUT2D eigenvalue weighted by molar-refractivity contribution is 0.567. The van der Waals surface area contributed by atoms with Gasteiger partial charge in [-0.1, -0.05) is 20.8 Å². The molecule has 2 rings (SSSR count). The van der Waals surface area contributed by atoms with Crippen LogP contribution in [0.1, 0.15) is 57.7 Å². The van der Waals surface area contributed by atoms with Crippen LogP contribution in [0.5, 0.6) is 0 Å². The fourth-order valence-corrected chi connectivity index (χ4v) is 2.92. The van der Waals surface area contributed by atoms with Gasteiger partial charge in [-0.15, -0.1) is 0 Å². The molecular formula is C18H29FN2. The van der Waals surface area contributed by atoms with Crippen molar-refractivity contribution in [2.24, 2.45) is 5.92 Å². The molecule has 0 radical (unpaired) electrons. The van der Waals surface area contributed by atoms with E-state index >= 15 is 0 Å². The molecule has 0 aliphatic heterocycles. The van der Waals surface area contributed by atoms with Gasteiger partial charge in [-0.25, -0.2) is 4.39 Å². The lowest BCUT2D eigenvalue weighted by Gasteiger charge is -2.31. The molecule has 2 nitrogen and oxygen atoms in total. The third-order valence-corrected chi connectivity index (χ3v) is 4.14. The molecule has 1 aromatic rings. The van der Waals surface area contributed by atoms with Gasteiger partial charge in [0.2, 0.25) is 0 Å². The van der Waals surface area contributed by atoms with Crippen LogP contribution in [0.2, 0.25) is 0 Å². The largest absolute Gasteiger partial charge is 0.368 e. The number of aryl methyl sites for hydroxylation is 1. The Bertz CT molecular complexity index is 480. The Morgan fingerprint density at radius 1 is 1.29 bits per heavy atom. The van der Waals surface area contributed by atoms with Crippen LogP contribution in [-0.2, 0) is 0 Å². The van der Waals surface area contributed by atoms with Gasteiger partial charge in [-0.2, -0.15) is 0 Å². The molecule has 1 unspecified atom stereocenters. The van der Waals surface area contributed by atoms with Crippen molar-refractivity contribution in [1.82, 2.24) is 5.32 Å². The van der Waals surface area contributed by atoms with Crippen molar-refractivity contribution in [2.45, 2.75) is 59.5 Å². The predicted molar refractivity (Wildman–Crippen MR) is 88.4 cm³/mol. The number of benzene rings is 1. The molecule has 1 atom stereocenters. The van der Waals surface area contributed by atoms with Crippen LogP contribution in [0.4, 0.5) is 10.1 Å². The van der Waals surface area contributed by atoms with Gasteiger partial charge in [0, 0.05) is 24.3 Å². The zero-order valence-corrected chi connectivity index (χ0v) is 14.0. The zero-order valence-electron chi connectivity index (χ0n) is 14.0. The second-order valence-electron chi connectivity index (χ2n) is 6.72. The summed E-state index contributed by atoms with van der Waals surface area (Å²) in [7, 11) is 0. The first kappa shape index (κ1) is 16.3. The van der Waals surface area contributed by atoms with Crippen molar-refractivity contribution >= 4 is 5.69 Å². The second kappa shape index (κ2) is 6.78. The molecule has 0 spiro atoms. The molecule has 1 fully saturated rings. The van der Waals surface area contributed by atoms with Gasteiger partial charge in [0.1, 0.15) is 5.82 Å². The molecule has 0 heterocycles. The monoisotopic (exact) mass is 292 g/mol. The molecular weight excluding hydrogens is 263 g/mol. The van der Waals surface area contributed by atoms with Crippen molar-refractivity contribution in [3.8, 4) is 0 Å². The van der Waals surface area contributed by atoms with E-state index in [2.05, 4.69) is 37.9 Å². The minimum Gasteiger partial charge on any atom is -0.368 e. The maximum Gasteiger partial charge on any atom is 0.126 e. The Morgan fingerprint density at radius 2 is 1.95 bits per heavy atom. The number of hydrogen-bond donors (Lipinski definition) is 1. The Labute approximate surface area is 128 Å². The first-order valence-electron chi connectivity index (χ1n) is 8.24. The summed E-state index contributed by atoms with van der Waals surface area (Å²) in [6.45, 7) is 12.5. The average molecular weight is 292 g/mol. The van der Waals surface area contributed by atoms with E-state index in [1.807, 2.05) is 13.0 Å². The molecule has 1 aliphatic rings. The van der Waals surface area contributed by atoms with E-state index in [0.717, 1.165) is 24.2 Å². The highest BCUT2D eigenvalue weighted by molar-refractivity contribution is 5.58. The van der Waals surface area contributed by atoms with Crippen molar-refractivity contribution in [2.75, 3.05) is 18.0 Å². The highest BCUT2D eigenvalue weighted by Crippen LogP contribution is 2.37. The molecule has 0 bridgehead atoms. The molecule has 1 N–H and O–H groups in total. The van der Waals surface area contributed by atoms with Gasteiger partial charge < -0.3 is 10.2 Å². The van der Waals surface area contributed by atoms with Gasteiger partial charge in [0.15, 0.2) is 0 Å². The van der Waals surface area contributed by atoms with Crippen LogP contribution in [0, 0.1) is 18.7 Å². The van der Waals surface area contributed by atoms with E-state index in [4.69, 9.17) is 0 Å². The first-order chi connectivity index (χ1) is 9.93. The molecule has 1 saturated carbocycles. The third kappa shape index (κ3) is 3.97. The molecule has 0 aromatic heterocycles. The summed E-state index contributed by atoms with van der Waals surface area (Å²) in [6.07, 6.45) is 2.52. The maximum atomic E-state index is 14.1. The lowest BCUT2D eigenvalue weighted by atomic mass is 10.0. The number of nitrogens with zero attached hydrogens (tertiary/aromatic N) is 1. The van der Waals surface area contributed by atoms with Crippen molar-refractivity contribution in [3.05, 3.63) is 29.1 Å². The van der Waals surface area contributed by atoms with Gasteiger partial charge in [-0.3, -0.25) is 0 Å². The van der Waals surface area contributed by atoms with Gasteiger partial charge in [0.05, 0.1) is 0 Å². The van der Waals surface area contributed by atoms with E-state index < -0.39 is 0 Å². The summed E-state index contributed by atoms with van der Waals surface area (Å²) >= 11 is 0. The standard InChI is InChI=1S/C18H29FN2/c1-6-20-14(5)16-10-17(19)13(4)9-18(16)21(11-12(2)3)15-7-8-15/h9-10,12,14-15,20H,6-8,11H2,1-5H3. The quantitative estimate of drug-likeness (QED) is 0.800. The highest BCUT2D eigenvalue weighted by Gasteiger charge is 2.31. The van der Waals surface area contributed by atoms with Gasteiger partial charge >= 0.3 is 0 Å². The fraction of sp³-hybridized carbons (Fsp3) is 0.667. The van der Waals surface area contributed by atoms with Crippen LogP contribution < -0.4 is 10.2 Å². The van der Waals surface area contributed by atoms with Gasteiger partial charge in [0.25, 0.3) is 0 Å². The van der Waals surface area contributed by atoms with Crippen LogP contribution in [0.15, 0.2) is 12.1 Å². The van der Waals surface area contributed by atoms with Crippen molar-refractivity contribution in [1.29, 1.82) is 0 Å². The van der Waals surface area contributed by atoms with E-state index in [0.29, 0.717) is 12.0 Å². The topological polar surface area (TPSA) is 15.3 Å². The number of halogens is 1. The van der Waals surface area contributed by atoms with Crippen molar-refractivity contribution in [3.63, 3.8) is 0 Å². The summed E-state index contributed by atoms with van der Waals surface area (Å²) in [5.74, 6) is 0.511. The normalized spacial score (nSPS) is 16.3. The van der Waals surface area contributed by atoms with Crippen molar-refractivity contribution < 1.29 is 4.39 Å². The minimum absolute atomic E-state index is 0.0983. The first-order valence-corrected chi connectivity index (χ1v) is 8.24.